The van der Waals surface area contributed by atoms with Gasteiger partial charge in [0.25, 0.3) is 0 Å². The van der Waals surface area contributed by atoms with Crippen LogP contribution in [0.4, 0.5) is 0 Å². The van der Waals surface area contributed by atoms with Crippen LogP contribution >= 0.6 is 0 Å². The van der Waals surface area contributed by atoms with Crippen molar-refractivity contribution < 1.29 is 14.7 Å². The minimum atomic E-state index is -1.00. The SMILES string of the molecule is O=C(O)CNC(=O)CCN1CCCC1. The summed E-state index contributed by atoms with van der Waals surface area (Å²) in [4.78, 5) is 23.5. The molecule has 0 aromatic heterocycles. The van der Waals surface area contributed by atoms with Gasteiger partial charge in [-0.05, 0) is 25.9 Å². The fourth-order valence-electron chi connectivity index (χ4n) is 1.53. The third-order valence-electron chi connectivity index (χ3n) is 2.29. The van der Waals surface area contributed by atoms with E-state index in [1.54, 1.807) is 0 Å². The van der Waals surface area contributed by atoms with E-state index in [1.165, 1.54) is 12.8 Å². The maximum Gasteiger partial charge on any atom is 0.322 e. The Hall–Kier alpha value is -1.10. The highest BCUT2D eigenvalue weighted by atomic mass is 16.4. The Kier molecular flexibility index (Phi) is 4.39. The topological polar surface area (TPSA) is 69.6 Å². The molecule has 1 amide bonds. The van der Waals surface area contributed by atoms with Crippen LogP contribution in [0.2, 0.25) is 0 Å². The molecule has 0 radical (unpaired) electrons. The van der Waals surface area contributed by atoms with Crippen molar-refractivity contribution in [2.45, 2.75) is 19.3 Å². The van der Waals surface area contributed by atoms with Crippen molar-refractivity contribution in [3.05, 3.63) is 0 Å². The van der Waals surface area contributed by atoms with Crippen LogP contribution in [-0.4, -0.2) is 48.1 Å². The number of amides is 1. The highest BCUT2D eigenvalue weighted by Gasteiger charge is 2.12. The Labute approximate surface area is 83.1 Å². The number of likely N-dealkylation sites (tertiary alicyclic amines) is 1. The molecule has 0 aromatic carbocycles. The summed E-state index contributed by atoms with van der Waals surface area (Å²) >= 11 is 0. The van der Waals surface area contributed by atoms with Crippen LogP contribution in [0.5, 0.6) is 0 Å². The number of aliphatic carboxylic acids is 1. The third kappa shape index (κ3) is 4.23. The van der Waals surface area contributed by atoms with E-state index in [0.717, 1.165) is 19.6 Å². The highest BCUT2D eigenvalue weighted by Crippen LogP contribution is 2.06. The Morgan fingerprint density at radius 1 is 1.29 bits per heavy atom. The monoisotopic (exact) mass is 200 g/mol. The molecule has 0 atom stereocenters. The van der Waals surface area contributed by atoms with Crippen LogP contribution in [0.1, 0.15) is 19.3 Å². The molecule has 5 nitrogen and oxygen atoms in total. The van der Waals surface area contributed by atoms with E-state index in [0.29, 0.717) is 6.42 Å². The molecule has 14 heavy (non-hydrogen) atoms. The molecule has 2 N–H and O–H groups in total. The lowest BCUT2D eigenvalue weighted by molar-refractivity contribution is -0.138. The Morgan fingerprint density at radius 2 is 1.93 bits per heavy atom. The lowest BCUT2D eigenvalue weighted by Crippen LogP contribution is -2.32. The predicted molar refractivity (Wildman–Crippen MR) is 50.9 cm³/mol. The summed E-state index contributed by atoms with van der Waals surface area (Å²) in [7, 11) is 0. The van der Waals surface area contributed by atoms with Crippen molar-refractivity contribution in [3.8, 4) is 0 Å². The van der Waals surface area contributed by atoms with E-state index in [9.17, 15) is 9.59 Å². The molecule has 80 valence electrons. The number of hydrogen-bond donors (Lipinski definition) is 2. The second-order valence-corrected chi connectivity index (χ2v) is 3.47. The summed E-state index contributed by atoms with van der Waals surface area (Å²) in [5.41, 5.74) is 0. The van der Waals surface area contributed by atoms with E-state index >= 15 is 0 Å². The van der Waals surface area contributed by atoms with Gasteiger partial charge in [-0.15, -0.1) is 0 Å². The standard InChI is InChI=1S/C9H16N2O3/c12-8(10-7-9(13)14)3-6-11-4-1-2-5-11/h1-7H2,(H,10,12)(H,13,14). The first-order valence-electron chi connectivity index (χ1n) is 4.89. The van der Waals surface area contributed by atoms with Crippen molar-refractivity contribution in [2.75, 3.05) is 26.2 Å². The number of carbonyl (C=O) groups is 2. The number of nitrogens with one attached hydrogen (secondary N) is 1. The van der Waals surface area contributed by atoms with E-state index in [2.05, 4.69) is 10.2 Å². The van der Waals surface area contributed by atoms with Gasteiger partial charge in [0.15, 0.2) is 0 Å². The van der Waals surface area contributed by atoms with Crippen LogP contribution in [0.3, 0.4) is 0 Å². The molecule has 1 saturated heterocycles. The molecule has 1 aliphatic rings. The van der Waals surface area contributed by atoms with Gasteiger partial charge in [0.05, 0.1) is 0 Å². The van der Waals surface area contributed by atoms with Crippen LogP contribution in [0.25, 0.3) is 0 Å². The lowest BCUT2D eigenvalue weighted by Gasteiger charge is -2.13. The quantitative estimate of drug-likeness (QED) is 0.637. The molecule has 0 unspecified atom stereocenters. The minimum absolute atomic E-state index is 0.181. The minimum Gasteiger partial charge on any atom is -0.480 e. The van der Waals surface area contributed by atoms with Crippen molar-refractivity contribution in [1.29, 1.82) is 0 Å². The molecule has 1 aliphatic heterocycles. The molecule has 0 bridgehead atoms. The zero-order valence-corrected chi connectivity index (χ0v) is 8.16. The van der Waals surface area contributed by atoms with E-state index in [1.807, 2.05) is 0 Å². The Morgan fingerprint density at radius 3 is 2.50 bits per heavy atom. The summed E-state index contributed by atoms with van der Waals surface area (Å²) in [6.45, 7) is 2.59. The molecule has 1 fully saturated rings. The van der Waals surface area contributed by atoms with Gasteiger partial charge in [-0.1, -0.05) is 0 Å². The number of carboxylic acids is 1. The Bertz CT molecular complexity index is 212. The van der Waals surface area contributed by atoms with Crippen molar-refractivity contribution in [1.82, 2.24) is 10.2 Å². The van der Waals surface area contributed by atoms with Gasteiger partial charge < -0.3 is 15.3 Å². The fourth-order valence-corrected chi connectivity index (χ4v) is 1.53. The third-order valence-corrected chi connectivity index (χ3v) is 2.29. The summed E-state index contributed by atoms with van der Waals surface area (Å²) < 4.78 is 0. The second-order valence-electron chi connectivity index (χ2n) is 3.47. The average Bonchev–Trinajstić information content (AvgIpc) is 2.63. The van der Waals surface area contributed by atoms with Gasteiger partial charge in [0.1, 0.15) is 6.54 Å². The number of rotatable bonds is 5. The first-order valence-corrected chi connectivity index (χ1v) is 4.89. The van der Waals surface area contributed by atoms with Crippen molar-refractivity contribution in [2.24, 2.45) is 0 Å². The van der Waals surface area contributed by atoms with Gasteiger partial charge >= 0.3 is 5.97 Å². The number of carbonyl (C=O) groups excluding carboxylic acids is 1. The van der Waals surface area contributed by atoms with Crippen LogP contribution in [0, 0.1) is 0 Å². The van der Waals surface area contributed by atoms with E-state index in [4.69, 9.17) is 5.11 Å². The maximum absolute atomic E-state index is 11.1. The normalized spacial score (nSPS) is 16.9. The number of carboxylic acid groups (broad SMARTS) is 1. The van der Waals surface area contributed by atoms with Gasteiger partial charge in [0, 0.05) is 13.0 Å². The summed E-state index contributed by atoms with van der Waals surface area (Å²) in [5, 5.41) is 10.7. The maximum atomic E-state index is 11.1. The average molecular weight is 200 g/mol. The molecule has 5 heteroatoms. The molecular weight excluding hydrogens is 184 g/mol. The first kappa shape index (κ1) is 11.0. The van der Waals surface area contributed by atoms with Crippen LogP contribution < -0.4 is 5.32 Å². The molecule has 0 aromatic rings. The lowest BCUT2D eigenvalue weighted by atomic mass is 10.3. The fraction of sp³-hybridized carbons (Fsp3) is 0.778. The van der Waals surface area contributed by atoms with Gasteiger partial charge in [-0.3, -0.25) is 9.59 Å². The molecule has 0 saturated carbocycles. The molecule has 1 rings (SSSR count). The summed E-state index contributed by atoms with van der Waals surface area (Å²) in [6.07, 6.45) is 2.81. The smallest absolute Gasteiger partial charge is 0.322 e. The largest absolute Gasteiger partial charge is 0.480 e. The second kappa shape index (κ2) is 5.59. The summed E-state index contributed by atoms with van der Waals surface area (Å²) in [6, 6.07) is 0. The van der Waals surface area contributed by atoms with Gasteiger partial charge in [-0.2, -0.15) is 0 Å². The van der Waals surface area contributed by atoms with Gasteiger partial charge in [0.2, 0.25) is 5.91 Å². The van der Waals surface area contributed by atoms with Crippen molar-refractivity contribution in [3.63, 3.8) is 0 Å². The van der Waals surface area contributed by atoms with Gasteiger partial charge in [-0.25, -0.2) is 0 Å². The van der Waals surface area contributed by atoms with Crippen molar-refractivity contribution >= 4 is 11.9 Å². The number of nitrogens with zero attached hydrogens (tertiary/aromatic N) is 1. The molecule has 0 spiro atoms. The van der Waals surface area contributed by atoms with E-state index in [-0.39, 0.29) is 12.5 Å². The van der Waals surface area contributed by atoms with E-state index < -0.39 is 5.97 Å². The first-order chi connectivity index (χ1) is 6.68. The highest BCUT2D eigenvalue weighted by molar-refractivity contribution is 5.81. The zero-order chi connectivity index (χ0) is 10.4. The summed E-state index contributed by atoms with van der Waals surface area (Å²) in [5.74, 6) is -1.18. The molecule has 0 aliphatic carbocycles. The predicted octanol–water partition coefficient (Wildman–Crippen LogP) is -0.327. The Balaban J connectivity index is 2.05. The van der Waals surface area contributed by atoms with Crippen LogP contribution in [-0.2, 0) is 9.59 Å². The molecular formula is C9H16N2O3. The number of hydrogen-bond acceptors (Lipinski definition) is 3. The zero-order valence-electron chi connectivity index (χ0n) is 8.16. The molecule has 1 heterocycles. The van der Waals surface area contributed by atoms with Crippen LogP contribution in [0.15, 0.2) is 0 Å².